The van der Waals surface area contributed by atoms with Gasteiger partial charge in [0.05, 0.1) is 12.2 Å². The molecule has 1 amide bonds. The van der Waals surface area contributed by atoms with Crippen LogP contribution in [0.25, 0.3) is 0 Å². The fraction of sp³-hybridized carbons (Fsp3) is 0.667. The summed E-state index contributed by atoms with van der Waals surface area (Å²) in [6.45, 7) is 8.06. The van der Waals surface area contributed by atoms with Crippen molar-refractivity contribution in [2.75, 3.05) is 58.3 Å². The van der Waals surface area contributed by atoms with Gasteiger partial charge >= 0.3 is 0 Å². The number of piperidine rings is 1. The van der Waals surface area contributed by atoms with Crippen molar-refractivity contribution < 1.29 is 14.6 Å². The van der Waals surface area contributed by atoms with Gasteiger partial charge in [-0.1, -0.05) is 18.2 Å². The number of β-amino-alcohol motifs (C(OH)–C–C–N with tert-alkyl or cyclic N) is 1. The van der Waals surface area contributed by atoms with Crippen LogP contribution in [0, 0.1) is 6.92 Å². The Morgan fingerprint density at radius 3 is 2.52 bits per heavy atom. The number of nitrogens with zero attached hydrogens (tertiary/aromatic N) is 3. The zero-order chi connectivity index (χ0) is 19.7. The van der Waals surface area contributed by atoms with Crippen molar-refractivity contribution in [1.29, 1.82) is 0 Å². The molecule has 2 fully saturated rings. The van der Waals surface area contributed by atoms with Crippen LogP contribution in [0.15, 0.2) is 24.3 Å². The van der Waals surface area contributed by atoms with E-state index in [0.717, 1.165) is 32.5 Å². The summed E-state index contributed by atoms with van der Waals surface area (Å²) in [4.78, 5) is 18.6. The molecular formula is C21H33N3O3. The molecule has 1 aromatic carbocycles. The number of amides is 1. The lowest BCUT2D eigenvalue weighted by Crippen LogP contribution is -2.61. The zero-order valence-corrected chi connectivity index (χ0v) is 17.1. The fourth-order valence-corrected chi connectivity index (χ4v) is 4.35. The number of anilines is 1. The summed E-state index contributed by atoms with van der Waals surface area (Å²) >= 11 is 0. The Balaban J connectivity index is 1.60. The maximum absolute atomic E-state index is 12.5. The Hall–Kier alpha value is -1.63. The first-order valence-corrected chi connectivity index (χ1v) is 9.83. The van der Waals surface area contributed by atoms with E-state index in [-0.39, 0.29) is 5.91 Å². The number of aryl methyl sites for hydroxylation is 1. The normalized spacial score (nSPS) is 26.0. The minimum absolute atomic E-state index is 0.0199. The van der Waals surface area contributed by atoms with E-state index in [1.165, 1.54) is 11.3 Å². The molecule has 27 heavy (non-hydrogen) atoms. The molecule has 1 atom stereocenters. The highest BCUT2D eigenvalue weighted by Crippen LogP contribution is 2.30. The number of rotatable bonds is 4. The second-order valence-electron chi connectivity index (χ2n) is 8.49. The number of ether oxygens (including phenoxy) is 1. The summed E-state index contributed by atoms with van der Waals surface area (Å²) in [5.41, 5.74) is 0.989. The average Bonchev–Trinajstić information content (AvgIpc) is 2.62. The Kier molecular flexibility index (Phi) is 5.79. The van der Waals surface area contributed by atoms with Gasteiger partial charge < -0.3 is 19.6 Å². The van der Waals surface area contributed by atoms with Gasteiger partial charge in [-0.2, -0.15) is 0 Å². The number of aliphatic hydroxyl groups is 1. The third-order valence-corrected chi connectivity index (χ3v) is 5.88. The molecule has 2 heterocycles. The van der Waals surface area contributed by atoms with E-state index in [1.807, 2.05) is 6.92 Å². The van der Waals surface area contributed by atoms with Gasteiger partial charge in [-0.25, -0.2) is 0 Å². The third-order valence-electron chi connectivity index (χ3n) is 5.88. The molecular weight excluding hydrogens is 342 g/mol. The molecule has 0 spiro atoms. The Morgan fingerprint density at radius 2 is 1.89 bits per heavy atom. The second-order valence-corrected chi connectivity index (χ2v) is 8.49. The molecule has 1 aromatic rings. The standard InChI is InChI=1S/C21H33N3O3/c1-17-7-5-6-8-18(17)24-11-9-21(26,10-12-24)16-23-13-14-27-20(2,15-23)19(25)22(3)4/h5-8,26H,9-16H2,1-4H3/t20-/m0/s1. The lowest BCUT2D eigenvalue weighted by Gasteiger charge is -2.46. The maximum atomic E-state index is 12.5. The van der Waals surface area contributed by atoms with Gasteiger partial charge in [-0.15, -0.1) is 0 Å². The number of carbonyl (C=O) groups is 1. The zero-order valence-electron chi connectivity index (χ0n) is 17.1. The molecule has 6 heteroatoms. The van der Waals surface area contributed by atoms with Crippen LogP contribution in [0.1, 0.15) is 25.3 Å². The van der Waals surface area contributed by atoms with Crippen molar-refractivity contribution in [3.63, 3.8) is 0 Å². The lowest BCUT2D eigenvalue weighted by molar-refractivity contribution is -0.168. The molecule has 3 rings (SSSR count). The smallest absolute Gasteiger partial charge is 0.255 e. The molecule has 1 N–H and O–H groups in total. The molecule has 0 bridgehead atoms. The molecule has 150 valence electrons. The number of carbonyl (C=O) groups excluding carboxylic acids is 1. The highest BCUT2D eigenvalue weighted by atomic mass is 16.5. The largest absolute Gasteiger partial charge is 0.388 e. The molecule has 0 radical (unpaired) electrons. The summed E-state index contributed by atoms with van der Waals surface area (Å²) in [5.74, 6) is -0.0199. The minimum atomic E-state index is -0.833. The number of benzene rings is 1. The van der Waals surface area contributed by atoms with Crippen LogP contribution in [0.5, 0.6) is 0 Å². The summed E-state index contributed by atoms with van der Waals surface area (Å²) in [7, 11) is 3.51. The van der Waals surface area contributed by atoms with Crippen LogP contribution in [0.4, 0.5) is 5.69 Å². The Bertz CT molecular complexity index is 670. The van der Waals surface area contributed by atoms with Crippen molar-refractivity contribution in [1.82, 2.24) is 9.80 Å². The monoisotopic (exact) mass is 375 g/mol. The van der Waals surface area contributed by atoms with Crippen LogP contribution in [-0.2, 0) is 9.53 Å². The van der Waals surface area contributed by atoms with Crippen LogP contribution < -0.4 is 4.90 Å². The van der Waals surface area contributed by atoms with Gasteiger partial charge in [0.15, 0.2) is 5.60 Å². The quantitative estimate of drug-likeness (QED) is 0.865. The molecule has 0 saturated carbocycles. The first-order chi connectivity index (χ1) is 12.7. The number of hydrogen-bond donors (Lipinski definition) is 1. The van der Waals surface area contributed by atoms with E-state index in [2.05, 4.69) is 41.0 Å². The molecule has 2 aliphatic rings. The van der Waals surface area contributed by atoms with E-state index in [4.69, 9.17) is 4.74 Å². The predicted octanol–water partition coefficient (Wildman–Crippen LogP) is 1.51. The molecule has 0 aromatic heterocycles. The molecule has 2 saturated heterocycles. The molecule has 0 unspecified atom stereocenters. The van der Waals surface area contributed by atoms with E-state index >= 15 is 0 Å². The number of hydrogen-bond acceptors (Lipinski definition) is 5. The van der Waals surface area contributed by atoms with E-state index in [9.17, 15) is 9.90 Å². The first-order valence-electron chi connectivity index (χ1n) is 9.83. The Morgan fingerprint density at radius 1 is 1.22 bits per heavy atom. The van der Waals surface area contributed by atoms with Crippen LogP contribution in [0.2, 0.25) is 0 Å². The van der Waals surface area contributed by atoms with E-state index in [0.29, 0.717) is 19.7 Å². The fourth-order valence-electron chi connectivity index (χ4n) is 4.35. The van der Waals surface area contributed by atoms with Crippen molar-refractivity contribution >= 4 is 11.6 Å². The summed E-state index contributed by atoms with van der Waals surface area (Å²) in [6.07, 6.45) is 1.47. The highest BCUT2D eigenvalue weighted by molar-refractivity contribution is 5.84. The topological polar surface area (TPSA) is 56.2 Å². The molecule has 0 aliphatic carbocycles. The van der Waals surface area contributed by atoms with Crippen LogP contribution >= 0.6 is 0 Å². The van der Waals surface area contributed by atoms with Crippen LogP contribution in [-0.4, -0.2) is 85.4 Å². The van der Waals surface area contributed by atoms with Crippen LogP contribution in [0.3, 0.4) is 0 Å². The predicted molar refractivity (Wildman–Crippen MR) is 107 cm³/mol. The third kappa shape index (κ3) is 4.45. The van der Waals surface area contributed by atoms with Gasteiger partial charge in [-0.3, -0.25) is 9.69 Å². The number of para-hydroxylation sites is 1. The second kappa shape index (κ2) is 7.78. The lowest BCUT2D eigenvalue weighted by atomic mass is 9.89. The van der Waals surface area contributed by atoms with E-state index < -0.39 is 11.2 Å². The molecule has 6 nitrogen and oxygen atoms in total. The average molecular weight is 376 g/mol. The summed E-state index contributed by atoms with van der Waals surface area (Å²) in [6, 6.07) is 8.41. The number of morpholine rings is 1. The maximum Gasteiger partial charge on any atom is 0.255 e. The first kappa shape index (κ1) is 20.1. The highest BCUT2D eigenvalue weighted by Gasteiger charge is 2.43. The van der Waals surface area contributed by atoms with E-state index in [1.54, 1.807) is 19.0 Å². The minimum Gasteiger partial charge on any atom is -0.388 e. The van der Waals surface area contributed by atoms with Crippen molar-refractivity contribution in [2.24, 2.45) is 0 Å². The van der Waals surface area contributed by atoms with Crippen molar-refractivity contribution in [3.05, 3.63) is 29.8 Å². The van der Waals surface area contributed by atoms with Gasteiger partial charge in [0.2, 0.25) is 0 Å². The number of likely N-dealkylation sites (N-methyl/N-ethyl adjacent to an activating group) is 1. The van der Waals surface area contributed by atoms with Gasteiger partial charge in [-0.05, 0) is 38.3 Å². The van der Waals surface area contributed by atoms with Gasteiger partial charge in [0.1, 0.15) is 0 Å². The van der Waals surface area contributed by atoms with Gasteiger partial charge in [0, 0.05) is 52.5 Å². The summed E-state index contributed by atoms with van der Waals surface area (Å²) < 4.78 is 5.81. The Labute approximate surface area is 162 Å². The van der Waals surface area contributed by atoms with Crippen molar-refractivity contribution in [3.8, 4) is 0 Å². The SMILES string of the molecule is Cc1ccccc1N1CCC(O)(CN2CCO[C@](C)(C(=O)N(C)C)C2)CC1. The van der Waals surface area contributed by atoms with Crippen molar-refractivity contribution in [2.45, 2.75) is 37.9 Å². The summed E-state index contributed by atoms with van der Waals surface area (Å²) in [5, 5.41) is 11.2. The molecule has 2 aliphatic heterocycles. The van der Waals surface area contributed by atoms with Gasteiger partial charge in [0.25, 0.3) is 5.91 Å².